The zero-order chi connectivity index (χ0) is 12.8. The largest absolute Gasteiger partial charge is 0.329 e. The van der Waals surface area contributed by atoms with Crippen molar-refractivity contribution in [1.82, 2.24) is 5.32 Å². The summed E-state index contributed by atoms with van der Waals surface area (Å²) in [6.07, 6.45) is 0. The van der Waals surface area contributed by atoms with E-state index in [4.69, 9.17) is 0 Å². The number of amides is 3. The van der Waals surface area contributed by atoms with Crippen LogP contribution < -0.4 is 10.2 Å². The van der Waals surface area contributed by atoms with Crippen LogP contribution in [0.2, 0.25) is 0 Å². The number of thiophene rings is 1. The number of carbonyl (C=O) groups excluding carboxylic acids is 2. The maximum Gasteiger partial charge on any atom is 0.329 e. The zero-order valence-electron chi connectivity index (χ0n) is 10.4. The van der Waals surface area contributed by atoms with Gasteiger partial charge in [-0.15, -0.1) is 11.3 Å². The molecule has 3 amide bonds. The summed E-state index contributed by atoms with van der Waals surface area (Å²) in [6, 6.07) is 1.08. The summed E-state index contributed by atoms with van der Waals surface area (Å²) in [7, 11) is 0. The van der Waals surface area contributed by atoms with Crippen molar-refractivity contribution in [2.45, 2.75) is 33.7 Å². The molecular formula is C12H16N2O2S. The summed E-state index contributed by atoms with van der Waals surface area (Å²) in [5.41, 5.74) is 0.397. The van der Waals surface area contributed by atoms with Gasteiger partial charge in [0.2, 0.25) is 0 Å². The number of anilines is 1. The number of carbonyl (C=O) groups is 2. The third kappa shape index (κ3) is 2.07. The molecule has 1 unspecified atom stereocenters. The number of aryl methyl sites for hydroxylation is 1. The lowest BCUT2D eigenvalue weighted by atomic mass is 9.87. The van der Waals surface area contributed by atoms with Crippen molar-refractivity contribution in [3.63, 3.8) is 0 Å². The molecule has 1 fully saturated rings. The highest BCUT2D eigenvalue weighted by Crippen LogP contribution is 2.30. The minimum Gasteiger partial charge on any atom is -0.325 e. The fourth-order valence-electron chi connectivity index (χ4n) is 1.86. The molecule has 0 spiro atoms. The lowest BCUT2D eigenvalue weighted by Gasteiger charge is -2.24. The molecule has 1 aromatic rings. The first-order valence-electron chi connectivity index (χ1n) is 5.50. The number of nitrogens with one attached hydrogen (secondary N) is 1. The molecule has 92 valence electrons. The van der Waals surface area contributed by atoms with Crippen molar-refractivity contribution in [2.24, 2.45) is 5.41 Å². The second-order valence-electron chi connectivity index (χ2n) is 5.34. The van der Waals surface area contributed by atoms with E-state index >= 15 is 0 Å². The van der Waals surface area contributed by atoms with Gasteiger partial charge in [-0.25, -0.2) is 9.69 Å². The Bertz CT molecular complexity index is 473. The van der Waals surface area contributed by atoms with Crippen molar-refractivity contribution in [1.29, 1.82) is 0 Å². The van der Waals surface area contributed by atoms with E-state index in [1.54, 1.807) is 0 Å². The summed E-state index contributed by atoms with van der Waals surface area (Å²) in [4.78, 5) is 26.4. The smallest absolute Gasteiger partial charge is 0.325 e. The summed E-state index contributed by atoms with van der Waals surface area (Å²) in [6.45, 7) is 7.78. The predicted molar refractivity (Wildman–Crippen MR) is 68.3 cm³/mol. The van der Waals surface area contributed by atoms with E-state index < -0.39 is 6.04 Å². The van der Waals surface area contributed by atoms with Gasteiger partial charge in [0.15, 0.2) is 0 Å². The first-order chi connectivity index (χ1) is 7.80. The number of imide groups is 1. The van der Waals surface area contributed by atoms with E-state index in [1.165, 1.54) is 16.2 Å². The Labute approximate surface area is 105 Å². The molecule has 1 atom stereocenters. The number of nitrogens with zero attached hydrogens (tertiary/aromatic N) is 1. The molecule has 2 rings (SSSR count). The quantitative estimate of drug-likeness (QED) is 0.781. The molecule has 17 heavy (non-hydrogen) atoms. The standard InChI is InChI=1S/C12H16N2O2S/c1-7-5-8(6-17-7)14-10(15)9(12(2,3)4)13-11(14)16/h5-6,9H,1-4H3,(H,13,16). The molecule has 1 saturated heterocycles. The molecule has 5 heteroatoms. The van der Waals surface area contributed by atoms with E-state index in [-0.39, 0.29) is 17.4 Å². The van der Waals surface area contributed by atoms with Crippen molar-refractivity contribution >= 4 is 29.0 Å². The van der Waals surface area contributed by atoms with Crippen LogP contribution in [0.5, 0.6) is 0 Å². The Morgan fingerprint density at radius 1 is 1.35 bits per heavy atom. The first-order valence-corrected chi connectivity index (χ1v) is 6.38. The second-order valence-corrected chi connectivity index (χ2v) is 6.45. The molecule has 4 nitrogen and oxygen atoms in total. The molecule has 1 aromatic heterocycles. The third-order valence-electron chi connectivity index (χ3n) is 2.78. The maximum absolute atomic E-state index is 12.2. The second kappa shape index (κ2) is 3.84. The van der Waals surface area contributed by atoms with Crippen LogP contribution in [0.4, 0.5) is 10.5 Å². The summed E-state index contributed by atoms with van der Waals surface area (Å²) < 4.78 is 0. The van der Waals surface area contributed by atoms with Gasteiger partial charge in [0, 0.05) is 10.3 Å². The van der Waals surface area contributed by atoms with E-state index in [0.29, 0.717) is 5.69 Å². The summed E-state index contributed by atoms with van der Waals surface area (Å²) in [5.74, 6) is -0.166. The zero-order valence-corrected chi connectivity index (χ0v) is 11.2. The molecule has 2 heterocycles. The number of hydrogen-bond acceptors (Lipinski definition) is 3. The van der Waals surface area contributed by atoms with Crippen LogP contribution in [-0.4, -0.2) is 18.0 Å². The fourth-order valence-corrected chi connectivity index (χ4v) is 2.53. The van der Waals surface area contributed by atoms with Crippen LogP contribution >= 0.6 is 11.3 Å². The molecule has 0 radical (unpaired) electrons. The van der Waals surface area contributed by atoms with E-state index in [2.05, 4.69) is 5.32 Å². The van der Waals surface area contributed by atoms with Gasteiger partial charge in [-0.3, -0.25) is 4.79 Å². The lowest BCUT2D eigenvalue weighted by molar-refractivity contribution is -0.120. The van der Waals surface area contributed by atoms with Gasteiger partial charge in [-0.05, 0) is 18.4 Å². The molecule has 1 aliphatic heterocycles. The summed E-state index contributed by atoms with van der Waals surface area (Å²) in [5, 5.41) is 4.57. The highest BCUT2D eigenvalue weighted by molar-refractivity contribution is 7.10. The Morgan fingerprint density at radius 3 is 2.41 bits per heavy atom. The molecular weight excluding hydrogens is 236 g/mol. The molecule has 1 N–H and O–H groups in total. The monoisotopic (exact) mass is 252 g/mol. The molecule has 1 aliphatic rings. The van der Waals surface area contributed by atoms with Crippen LogP contribution in [0, 0.1) is 12.3 Å². The predicted octanol–water partition coefficient (Wildman–Crippen LogP) is 2.53. The van der Waals surface area contributed by atoms with Crippen molar-refractivity contribution in [3.05, 3.63) is 16.3 Å². The van der Waals surface area contributed by atoms with Crippen molar-refractivity contribution in [2.75, 3.05) is 4.90 Å². The average molecular weight is 252 g/mol. The van der Waals surface area contributed by atoms with Crippen molar-refractivity contribution in [3.8, 4) is 0 Å². The lowest BCUT2D eigenvalue weighted by Crippen LogP contribution is -2.41. The van der Waals surface area contributed by atoms with Gasteiger partial charge < -0.3 is 5.32 Å². The van der Waals surface area contributed by atoms with Gasteiger partial charge in [0.05, 0.1) is 5.69 Å². The summed E-state index contributed by atoms with van der Waals surface area (Å²) >= 11 is 1.53. The average Bonchev–Trinajstić information content (AvgIpc) is 2.70. The SMILES string of the molecule is Cc1cc(N2C(=O)NC(C(C)(C)C)C2=O)cs1. The third-order valence-corrected chi connectivity index (χ3v) is 3.63. The van der Waals surface area contributed by atoms with Gasteiger partial charge in [-0.2, -0.15) is 0 Å². The topological polar surface area (TPSA) is 49.4 Å². The Morgan fingerprint density at radius 2 is 2.00 bits per heavy atom. The highest BCUT2D eigenvalue weighted by Gasteiger charge is 2.45. The van der Waals surface area contributed by atoms with Crippen LogP contribution in [0.3, 0.4) is 0 Å². The molecule has 0 bridgehead atoms. The number of rotatable bonds is 1. The minimum absolute atomic E-state index is 0.166. The Hall–Kier alpha value is -1.36. The van der Waals surface area contributed by atoms with Gasteiger partial charge in [-0.1, -0.05) is 20.8 Å². The minimum atomic E-state index is -0.449. The Kier molecular flexibility index (Phi) is 2.73. The van der Waals surface area contributed by atoms with Crippen molar-refractivity contribution < 1.29 is 9.59 Å². The molecule has 0 aliphatic carbocycles. The van der Waals surface area contributed by atoms with E-state index in [1.807, 2.05) is 39.1 Å². The maximum atomic E-state index is 12.2. The number of hydrogen-bond donors (Lipinski definition) is 1. The van der Waals surface area contributed by atoms with E-state index in [0.717, 1.165) is 4.88 Å². The van der Waals surface area contributed by atoms with Gasteiger partial charge in [0.25, 0.3) is 5.91 Å². The van der Waals surface area contributed by atoms with E-state index in [9.17, 15) is 9.59 Å². The molecule has 0 aromatic carbocycles. The van der Waals surface area contributed by atoms with Crippen LogP contribution in [-0.2, 0) is 4.79 Å². The van der Waals surface area contributed by atoms with Gasteiger partial charge in [0.1, 0.15) is 6.04 Å². The number of urea groups is 1. The van der Waals surface area contributed by atoms with Crippen LogP contribution in [0.25, 0.3) is 0 Å². The Balaban J connectivity index is 2.32. The van der Waals surface area contributed by atoms with Gasteiger partial charge >= 0.3 is 6.03 Å². The normalized spacial score (nSPS) is 20.9. The fraction of sp³-hybridized carbons (Fsp3) is 0.500. The highest BCUT2D eigenvalue weighted by atomic mass is 32.1. The van der Waals surface area contributed by atoms with Crippen LogP contribution in [0.15, 0.2) is 11.4 Å². The molecule has 0 saturated carbocycles. The first kappa shape index (κ1) is 12.1. The van der Waals surface area contributed by atoms with Crippen LogP contribution in [0.1, 0.15) is 25.6 Å².